The maximum absolute atomic E-state index is 4.58. The Kier molecular flexibility index (Phi) is 3.01. The molecule has 17 heavy (non-hydrogen) atoms. The molecule has 0 aliphatic carbocycles. The van der Waals surface area contributed by atoms with Crippen LogP contribution < -0.4 is 0 Å². The van der Waals surface area contributed by atoms with Gasteiger partial charge in [0.25, 0.3) is 0 Å². The maximum Gasteiger partial charge on any atom is 0.0704 e. The van der Waals surface area contributed by atoms with Gasteiger partial charge < -0.3 is 0 Å². The van der Waals surface area contributed by atoms with E-state index in [1.807, 2.05) is 24.4 Å². The highest BCUT2D eigenvalue weighted by Crippen LogP contribution is 2.27. The molecule has 1 nitrogen and oxygen atoms in total. The Morgan fingerprint density at radius 1 is 1.00 bits per heavy atom. The number of pyridine rings is 1. The first kappa shape index (κ1) is 11.8. The van der Waals surface area contributed by atoms with Gasteiger partial charge in [-0.3, -0.25) is 4.98 Å². The van der Waals surface area contributed by atoms with E-state index in [1.54, 1.807) is 0 Å². The first-order valence-corrected chi connectivity index (χ1v) is 6.01. The molecule has 0 radical (unpaired) electrons. The Morgan fingerprint density at radius 3 is 2.18 bits per heavy atom. The minimum absolute atomic E-state index is 0.159. The summed E-state index contributed by atoms with van der Waals surface area (Å²) in [4.78, 5) is 4.58. The van der Waals surface area contributed by atoms with Gasteiger partial charge in [-0.15, -0.1) is 0 Å². The standard InChI is InChI=1S/C16H19N/c1-12-10-15(13-8-6-5-7-9-13)17-11-14(12)16(2,3)4/h5-11H,1-4H3. The first-order chi connectivity index (χ1) is 7.98. The van der Waals surface area contributed by atoms with Crippen LogP contribution in [0.25, 0.3) is 11.3 Å². The number of hydrogen-bond acceptors (Lipinski definition) is 1. The van der Waals surface area contributed by atoms with Gasteiger partial charge in [0.1, 0.15) is 0 Å². The molecule has 0 N–H and O–H groups in total. The summed E-state index contributed by atoms with van der Waals surface area (Å²) in [5, 5.41) is 0. The van der Waals surface area contributed by atoms with Gasteiger partial charge in [0.05, 0.1) is 5.69 Å². The molecule has 0 saturated carbocycles. The summed E-state index contributed by atoms with van der Waals surface area (Å²) in [5.74, 6) is 0. The SMILES string of the molecule is Cc1cc(-c2ccccc2)ncc1C(C)(C)C. The predicted octanol–water partition coefficient (Wildman–Crippen LogP) is 4.35. The van der Waals surface area contributed by atoms with Crippen molar-refractivity contribution >= 4 is 0 Å². The molecule has 0 saturated heterocycles. The van der Waals surface area contributed by atoms with Crippen LogP contribution in [0, 0.1) is 6.92 Å². The van der Waals surface area contributed by atoms with E-state index in [0.717, 1.165) is 5.69 Å². The molecule has 88 valence electrons. The fourth-order valence-electron chi connectivity index (χ4n) is 2.11. The summed E-state index contributed by atoms with van der Waals surface area (Å²) >= 11 is 0. The molecule has 1 heteroatoms. The van der Waals surface area contributed by atoms with Crippen LogP contribution in [-0.4, -0.2) is 4.98 Å². The number of rotatable bonds is 1. The van der Waals surface area contributed by atoms with E-state index in [2.05, 4.69) is 50.9 Å². The van der Waals surface area contributed by atoms with Crippen molar-refractivity contribution in [2.75, 3.05) is 0 Å². The van der Waals surface area contributed by atoms with Gasteiger partial charge >= 0.3 is 0 Å². The lowest BCUT2D eigenvalue weighted by atomic mass is 9.85. The number of nitrogens with zero attached hydrogens (tertiary/aromatic N) is 1. The number of hydrogen-bond donors (Lipinski definition) is 0. The fraction of sp³-hybridized carbons (Fsp3) is 0.312. The number of benzene rings is 1. The minimum Gasteiger partial charge on any atom is -0.256 e. The van der Waals surface area contributed by atoms with Gasteiger partial charge in [-0.1, -0.05) is 51.1 Å². The summed E-state index contributed by atoms with van der Waals surface area (Å²) in [5.41, 5.74) is 5.02. The Morgan fingerprint density at radius 2 is 1.65 bits per heavy atom. The van der Waals surface area contributed by atoms with Gasteiger partial charge in [0, 0.05) is 11.8 Å². The monoisotopic (exact) mass is 225 g/mol. The summed E-state index contributed by atoms with van der Waals surface area (Å²) in [6.07, 6.45) is 2.01. The highest BCUT2D eigenvalue weighted by atomic mass is 14.7. The molecule has 0 atom stereocenters. The van der Waals surface area contributed by atoms with Crippen LogP contribution in [0.15, 0.2) is 42.6 Å². The minimum atomic E-state index is 0.159. The molecular formula is C16H19N. The van der Waals surface area contributed by atoms with Crippen LogP contribution >= 0.6 is 0 Å². The van der Waals surface area contributed by atoms with E-state index in [0.29, 0.717) is 0 Å². The largest absolute Gasteiger partial charge is 0.256 e. The van der Waals surface area contributed by atoms with Crippen molar-refractivity contribution in [3.05, 3.63) is 53.7 Å². The van der Waals surface area contributed by atoms with Gasteiger partial charge in [0.2, 0.25) is 0 Å². The van der Waals surface area contributed by atoms with E-state index in [-0.39, 0.29) is 5.41 Å². The summed E-state index contributed by atoms with van der Waals surface area (Å²) in [6, 6.07) is 12.5. The van der Waals surface area contributed by atoms with Crippen molar-refractivity contribution in [2.45, 2.75) is 33.1 Å². The lowest BCUT2D eigenvalue weighted by molar-refractivity contribution is 0.583. The van der Waals surface area contributed by atoms with Crippen LogP contribution in [0.1, 0.15) is 31.9 Å². The second-order valence-corrected chi connectivity index (χ2v) is 5.50. The Hall–Kier alpha value is -1.63. The molecule has 0 aliphatic rings. The van der Waals surface area contributed by atoms with E-state index in [1.165, 1.54) is 16.7 Å². The third-order valence-electron chi connectivity index (χ3n) is 2.99. The predicted molar refractivity (Wildman–Crippen MR) is 73.1 cm³/mol. The third-order valence-corrected chi connectivity index (χ3v) is 2.99. The lowest BCUT2D eigenvalue weighted by Gasteiger charge is -2.21. The molecule has 0 fully saturated rings. The average molecular weight is 225 g/mol. The van der Waals surface area contributed by atoms with Crippen LogP contribution in [0.5, 0.6) is 0 Å². The average Bonchev–Trinajstić information content (AvgIpc) is 2.28. The second-order valence-electron chi connectivity index (χ2n) is 5.50. The van der Waals surface area contributed by atoms with Crippen molar-refractivity contribution in [3.8, 4) is 11.3 Å². The maximum atomic E-state index is 4.58. The van der Waals surface area contributed by atoms with Crippen molar-refractivity contribution in [1.82, 2.24) is 4.98 Å². The number of aryl methyl sites for hydroxylation is 1. The summed E-state index contributed by atoms with van der Waals surface area (Å²) in [7, 11) is 0. The van der Waals surface area contributed by atoms with E-state index >= 15 is 0 Å². The zero-order chi connectivity index (χ0) is 12.5. The molecule has 0 amide bonds. The topological polar surface area (TPSA) is 12.9 Å². The van der Waals surface area contributed by atoms with Crippen molar-refractivity contribution in [2.24, 2.45) is 0 Å². The Labute approximate surface area is 104 Å². The molecule has 1 aromatic carbocycles. The van der Waals surface area contributed by atoms with Gasteiger partial charge in [0.15, 0.2) is 0 Å². The van der Waals surface area contributed by atoms with Gasteiger partial charge in [-0.05, 0) is 29.5 Å². The quantitative estimate of drug-likeness (QED) is 0.703. The van der Waals surface area contributed by atoms with Gasteiger partial charge in [-0.2, -0.15) is 0 Å². The first-order valence-electron chi connectivity index (χ1n) is 6.01. The number of aromatic nitrogens is 1. The molecule has 0 spiro atoms. The third kappa shape index (κ3) is 2.55. The van der Waals surface area contributed by atoms with E-state index < -0.39 is 0 Å². The molecular weight excluding hydrogens is 206 g/mol. The zero-order valence-electron chi connectivity index (χ0n) is 11.0. The smallest absolute Gasteiger partial charge is 0.0704 e. The molecule has 0 aliphatic heterocycles. The molecule has 0 unspecified atom stereocenters. The lowest BCUT2D eigenvalue weighted by Crippen LogP contribution is -2.13. The van der Waals surface area contributed by atoms with Crippen molar-refractivity contribution in [1.29, 1.82) is 0 Å². The molecule has 0 bridgehead atoms. The Bertz CT molecular complexity index is 507. The zero-order valence-corrected chi connectivity index (χ0v) is 11.0. The normalized spacial score (nSPS) is 11.5. The van der Waals surface area contributed by atoms with E-state index in [9.17, 15) is 0 Å². The second kappa shape index (κ2) is 4.33. The Balaban J connectivity index is 2.45. The fourth-order valence-corrected chi connectivity index (χ4v) is 2.11. The van der Waals surface area contributed by atoms with Crippen LogP contribution in [0.4, 0.5) is 0 Å². The highest BCUT2D eigenvalue weighted by Gasteiger charge is 2.16. The van der Waals surface area contributed by atoms with Crippen LogP contribution in [0.3, 0.4) is 0 Å². The summed E-state index contributed by atoms with van der Waals surface area (Å²) < 4.78 is 0. The van der Waals surface area contributed by atoms with E-state index in [4.69, 9.17) is 0 Å². The van der Waals surface area contributed by atoms with Crippen LogP contribution in [-0.2, 0) is 5.41 Å². The molecule has 2 rings (SSSR count). The van der Waals surface area contributed by atoms with Crippen molar-refractivity contribution < 1.29 is 0 Å². The van der Waals surface area contributed by atoms with Gasteiger partial charge in [-0.25, -0.2) is 0 Å². The molecule has 1 heterocycles. The molecule has 1 aromatic heterocycles. The van der Waals surface area contributed by atoms with Crippen molar-refractivity contribution in [3.63, 3.8) is 0 Å². The van der Waals surface area contributed by atoms with Crippen LogP contribution in [0.2, 0.25) is 0 Å². The summed E-state index contributed by atoms with van der Waals surface area (Å²) in [6.45, 7) is 8.83. The molecule has 2 aromatic rings. The highest BCUT2D eigenvalue weighted by molar-refractivity contribution is 5.60.